The highest BCUT2D eigenvalue weighted by Crippen LogP contribution is 2.34. The summed E-state index contributed by atoms with van der Waals surface area (Å²) in [5, 5.41) is 12.3. The summed E-state index contributed by atoms with van der Waals surface area (Å²) in [5.74, 6) is -3.37. The highest BCUT2D eigenvalue weighted by Gasteiger charge is 2.34. The highest BCUT2D eigenvalue weighted by molar-refractivity contribution is 7.16. The number of allylic oxidation sites excluding steroid dienone is 2. The minimum atomic E-state index is -0.988. The van der Waals surface area contributed by atoms with Gasteiger partial charge in [0.05, 0.1) is 17.4 Å². The number of amides is 2. The number of nitrogens with one attached hydrogen (secondary N) is 1. The first-order valence-electron chi connectivity index (χ1n) is 6.91. The molecule has 0 unspecified atom stereocenters. The SMILES string of the molecule is Cc1sc(NC(=O)[C@H]2CC=CC[C@@H]2C(=O)O)c(C(N)=O)c1C. The van der Waals surface area contributed by atoms with Crippen LogP contribution in [-0.2, 0) is 9.59 Å². The number of carbonyl (C=O) groups excluding carboxylic acids is 2. The molecule has 7 heteroatoms. The number of nitrogens with two attached hydrogens (primary N) is 1. The lowest BCUT2D eigenvalue weighted by atomic mass is 9.82. The van der Waals surface area contributed by atoms with Crippen molar-refractivity contribution in [2.24, 2.45) is 17.6 Å². The van der Waals surface area contributed by atoms with Crippen LogP contribution in [0.1, 0.15) is 33.6 Å². The van der Waals surface area contributed by atoms with Crippen molar-refractivity contribution in [2.75, 3.05) is 5.32 Å². The molecule has 0 radical (unpaired) electrons. The number of rotatable bonds is 4. The third-order valence-electron chi connectivity index (χ3n) is 3.95. The first-order valence-corrected chi connectivity index (χ1v) is 7.73. The Kier molecular flexibility index (Phi) is 4.65. The summed E-state index contributed by atoms with van der Waals surface area (Å²) in [4.78, 5) is 36.1. The first-order chi connectivity index (χ1) is 10.3. The molecular weight excluding hydrogens is 304 g/mol. The Labute approximate surface area is 132 Å². The Bertz CT molecular complexity index is 663. The van der Waals surface area contributed by atoms with Crippen molar-refractivity contribution in [3.63, 3.8) is 0 Å². The van der Waals surface area contributed by atoms with E-state index in [4.69, 9.17) is 5.73 Å². The van der Waals surface area contributed by atoms with Crippen LogP contribution in [-0.4, -0.2) is 22.9 Å². The molecule has 1 aliphatic rings. The van der Waals surface area contributed by atoms with Crippen molar-refractivity contribution >= 4 is 34.1 Å². The van der Waals surface area contributed by atoms with Crippen molar-refractivity contribution in [2.45, 2.75) is 26.7 Å². The van der Waals surface area contributed by atoms with Crippen LogP contribution < -0.4 is 11.1 Å². The molecule has 1 aromatic rings. The van der Waals surface area contributed by atoms with Gasteiger partial charge in [-0.15, -0.1) is 11.3 Å². The second-order valence-corrected chi connectivity index (χ2v) is 6.56. The van der Waals surface area contributed by atoms with E-state index in [0.29, 0.717) is 23.4 Å². The van der Waals surface area contributed by atoms with Crippen molar-refractivity contribution in [3.05, 3.63) is 28.2 Å². The van der Waals surface area contributed by atoms with E-state index in [9.17, 15) is 19.5 Å². The number of anilines is 1. The predicted molar refractivity (Wildman–Crippen MR) is 83.9 cm³/mol. The highest BCUT2D eigenvalue weighted by atomic mass is 32.1. The molecular formula is C15H18N2O4S. The van der Waals surface area contributed by atoms with Crippen LogP contribution in [0.25, 0.3) is 0 Å². The van der Waals surface area contributed by atoms with Gasteiger partial charge in [-0.1, -0.05) is 12.2 Å². The van der Waals surface area contributed by atoms with Crippen LogP contribution >= 0.6 is 11.3 Å². The van der Waals surface area contributed by atoms with Gasteiger partial charge in [-0.3, -0.25) is 14.4 Å². The molecule has 22 heavy (non-hydrogen) atoms. The van der Waals surface area contributed by atoms with Gasteiger partial charge < -0.3 is 16.2 Å². The number of hydrogen-bond donors (Lipinski definition) is 3. The molecule has 0 fully saturated rings. The lowest BCUT2D eigenvalue weighted by molar-refractivity contribution is -0.146. The lowest BCUT2D eigenvalue weighted by Gasteiger charge is -2.24. The second-order valence-electron chi connectivity index (χ2n) is 5.33. The fourth-order valence-corrected chi connectivity index (χ4v) is 3.66. The Morgan fingerprint density at radius 1 is 1.23 bits per heavy atom. The number of carboxylic acids is 1. The minimum absolute atomic E-state index is 0.300. The second kappa shape index (κ2) is 6.31. The van der Waals surface area contributed by atoms with Crippen molar-refractivity contribution in [1.29, 1.82) is 0 Å². The van der Waals surface area contributed by atoms with Gasteiger partial charge in [0, 0.05) is 4.88 Å². The number of hydrogen-bond acceptors (Lipinski definition) is 4. The molecule has 0 saturated carbocycles. The van der Waals surface area contributed by atoms with E-state index in [1.54, 1.807) is 13.0 Å². The molecule has 6 nitrogen and oxygen atoms in total. The Balaban J connectivity index is 2.25. The van der Waals surface area contributed by atoms with E-state index in [1.165, 1.54) is 11.3 Å². The van der Waals surface area contributed by atoms with Gasteiger partial charge in [0.15, 0.2) is 0 Å². The van der Waals surface area contributed by atoms with Gasteiger partial charge in [0.25, 0.3) is 5.91 Å². The molecule has 1 heterocycles. The zero-order chi connectivity index (χ0) is 16.4. The summed E-state index contributed by atoms with van der Waals surface area (Å²) >= 11 is 1.27. The summed E-state index contributed by atoms with van der Waals surface area (Å²) in [6.45, 7) is 3.61. The fraction of sp³-hybridized carbons (Fsp3) is 0.400. The summed E-state index contributed by atoms with van der Waals surface area (Å²) in [6.07, 6.45) is 4.29. The molecule has 1 aliphatic carbocycles. The van der Waals surface area contributed by atoms with Gasteiger partial charge in [0.2, 0.25) is 5.91 Å². The molecule has 0 saturated heterocycles. The Hall–Kier alpha value is -2.15. The summed E-state index contributed by atoms with van der Waals surface area (Å²) in [5.41, 5.74) is 6.41. The van der Waals surface area contributed by atoms with Crippen molar-refractivity contribution < 1.29 is 19.5 Å². The summed E-state index contributed by atoms with van der Waals surface area (Å²) in [7, 11) is 0. The monoisotopic (exact) mass is 322 g/mol. The molecule has 0 bridgehead atoms. The number of aliphatic carboxylic acids is 1. The van der Waals surface area contributed by atoms with Crippen LogP contribution in [0.2, 0.25) is 0 Å². The topological polar surface area (TPSA) is 109 Å². The largest absolute Gasteiger partial charge is 0.481 e. The van der Waals surface area contributed by atoms with E-state index in [2.05, 4.69) is 5.32 Å². The third kappa shape index (κ3) is 3.04. The average Bonchev–Trinajstić information content (AvgIpc) is 2.73. The molecule has 4 N–H and O–H groups in total. The Morgan fingerprint density at radius 2 is 1.82 bits per heavy atom. The number of carbonyl (C=O) groups is 3. The normalized spacial score (nSPS) is 20.6. The predicted octanol–water partition coefficient (Wildman–Crippen LogP) is 2.07. The van der Waals surface area contributed by atoms with Gasteiger partial charge >= 0.3 is 5.97 Å². The van der Waals surface area contributed by atoms with Crippen LogP contribution in [0.15, 0.2) is 12.2 Å². The van der Waals surface area contributed by atoms with Gasteiger partial charge in [-0.25, -0.2) is 0 Å². The maximum absolute atomic E-state index is 12.4. The minimum Gasteiger partial charge on any atom is -0.481 e. The molecule has 2 rings (SSSR count). The molecule has 0 aromatic carbocycles. The van der Waals surface area contributed by atoms with E-state index in [-0.39, 0.29) is 5.91 Å². The average molecular weight is 322 g/mol. The molecule has 2 amide bonds. The van der Waals surface area contributed by atoms with Crippen molar-refractivity contribution in [3.8, 4) is 0 Å². The van der Waals surface area contributed by atoms with E-state index < -0.39 is 23.7 Å². The van der Waals surface area contributed by atoms with Crippen LogP contribution in [0.4, 0.5) is 5.00 Å². The molecule has 1 aromatic heterocycles. The molecule has 2 atom stereocenters. The molecule has 118 valence electrons. The fourth-order valence-electron chi connectivity index (χ4n) is 2.59. The van der Waals surface area contributed by atoms with Crippen molar-refractivity contribution in [1.82, 2.24) is 0 Å². The van der Waals surface area contributed by atoms with Crippen LogP contribution in [0.5, 0.6) is 0 Å². The van der Waals surface area contributed by atoms with Crippen LogP contribution in [0.3, 0.4) is 0 Å². The molecule has 0 aliphatic heterocycles. The number of aryl methyl sites for hydroxylation is 1. The maximum atomic E-state index is 12.4. The smallest absolute Gasteiger partial charge is 0.307 e. The van der Waals surface area contributed by atoms with Gasteiger partial charge in [-0.05, 0) is 32.3 Å². The van der Waals surface area contributed by atoms with Crippen LogP contribution in [0, 0.1) is 25.7 Å². The zero-order valence-corrected chi connectivity index (χ0v) is 13.2. The standard InChI is InChI=1S/C15H18N2O4S/c1-7-8(2)22-14(11(7)12(16)18)17-13(19)9-5-3-4-6-10(9)15(20)21/h3-4,9-10H,5-6H2,1-2H3,(H2,16,18)(H,17,19)(H,20,21)/t9-,10-/m0/s1. The van der Waals surface area contributed by atoms with E-state index in [0.717, 1.165) is 10.4 Å². The lowest BCUT2D eigenvalue weighted by Crippen LogP contribution is -2.35. The Morgan fingerprint density at radius 3 is 2.36 bits per heavy atom. The van der Waals surface area contributed by atoms with E-state index in [1.807, 2.05) is 13.0 Å². The summed E-state index contributed by atoms with van der Waals surface area (Å²) < 4.78 is 0. The number of primary amides is 1. The zero-order valence-electron chi connectivity index (χ0n) is 12.4. The van der Waals surface area contributed by atoms with Gasteiger partial charge in [-0.2, -0.15) is 0 Å². The van der Waals surface area contributed by atoms with Gasteiger partial charge in [0.1, 0.15) is 5.00 Å². The van der Waals surface area contributed by atoms with E-state index >= 15 is 0 Å². The molecule has 0 spiro atoms. The summed E-state index contributed by atoms with van der Waals surface area (Å²) in [6, 6.07) is 0. The number of thiophene rings is 1. The first kappa shape index (κ1) is 16.2. The number of carboxylic acid groups (broad SMARTS) is 1. The maximum Gasteiger partial charge on any atom is 0.307 e. The third-order valence-corrected chi connectivity index (χ3v) is 5.08. The quantitative estimate of drug-likeness (QED) is 0.737.